The lowest BCUT2D eigenvalue weighted by molar-refractivity contribution is 0.0992. The third-order valence-electron chi connectivity index (χ3n) is 3.80. The largest absolute Gasteiger partial charge is 0.486 e. The molecule has 3 heterocycles. The highest BCUT2D eigenvalue weighted by Crippen LogP contribution is 2.18. The standard InChI is InChI=1S/C19H13ClFN3O3/c20-17-9-22-18-8-3-13(10-24(17)18)23-19(25)16-7-6-15(27-16)11-26-14-4-1-12(21)2-5-14/h1-10H,11H2,(H,23,25). The second-order valence-corrected chi connectivity index (χ2v) is 6.08. The van der Waals surface area contributed by atoms with E-state index in [2.05, 4.69) is 10.3 Å². The maximum atomic E-state index is 12.9. The molecule has 1 aromatic carbocycles. The summed E-state index contributed by atoms with van der Waals surface area (Å²) in [4.78, 5) is 16.5. The molecule has 4 aromatic rings. The number of carbonyl (C=O) groups is 1. The lowest BCUT2D eigenvalue weighted by Gasteiger charge is -2.05. The van der Waals surface area contributed by atoms with Gasteiger partial charge in [-0.1, -0.05) is 11.6 Å². The summed E-state index contributed by atoms with van der Waals surface area (Å²) in [5, 5.41) is 3.18. The molecule has 3 aromatic heterocycles. The quantitative estimate of drug-likeness (QED) is 0.547. The van der Waals surface area contributed by atoms with Crippen molar-refractivity contribution in [3.05, 3.63) is 83.4 Å². The van der Waals surface area contributed by atoms with Crippen LogP contribution in [0.5, 0.6) is 5.75 Å². The maximum absolute atomic E-state index is 12.9. The number of aromatic nitrogens is 2. The van der Waals surface area contributed by atoms with Gasteiger partial charge in [-0.2, -0.15) is 0 Å². The van der Waals surface area contributed by atoms with E-state index in [-0.39, 0.29) is 18.2 Å². The topological polar surface area (TPSA) is 68.8 Å². The fourth-order valence-electron chi connectivity index (χ4n) is 2.48. The van der Waals surface area contributed by atoms with Crippen molar-refractivity contribution in [1.29, 1.82) is 0 Å². The highest BCUT2D eigenvalue weighted by Gasteiger charge is 2.13. The predicted octanol–water partition coefficient (Wildman–Crippen LogP) is 4.55. The number of anilines is 1. The smallest absolute Gasteiger partial charge is 0.291 e. The van der Waals surface area contributed by atoms with Crippen molar-refractivity contribution in [2.24, 2.45) is 0 Å². The van der Waals surface area contributed by atoms with Crippen molar-refractivity contribution >= 4 is 28.8 Å². The minimum Gasteiger partial charge on any atom is -0.486 e. The molecule has 4 rings (SSSR count). The molecule has 1 N–H and O–H groups in total. The van der Waals surface area contributed by atoms with E-state index in [0.29, 0.717) is 28.0 Å². The van der Waals surface area contributed by atoms with Gasteiger partial charge in [0, 0.05) is 6.20 Å². The molecule has 8 heteroatoms. The number of imidazole rings is 1. The highest BCUT2D eigenvalue weighted by molar-refractivity contribution is 6.29. The fourth-order valence-corrected chi connectivity index (χ4v) is 2.66. The van der Waals surface area contributed by atoms with E-state index in [1.165, 1.54) is 30.5 Å². The molecular formula is C19H13ClFN3O3. The van der Waals surface area contributed by atoms with Gasteiger partial charge in [-0.15, -0.1) is 0 Å². The third kappa shape index (κ3) is 3.78. The number of amides is 1. The molecule has 6 nitrogen and oxygen atoms in total. The van der Waals surface area contributed by atoms with Gasteiger partial charge < -0.3 is 14.5 Å². The van der Waals surface area contributed by atoms with Gasteiger partial charge in [-0.25, -0.2) is 9.37 Å². The molecule has 0 aliphatic rings. The Hall–Kier alpha value is -3.32. The Labute approximate surface area is 158 Å². The average Bonchev–Trinajstić information content (AvgIpc) is 3.29. The van der Waals surface area contributed by atoms with Crippen LogP contribution in [0.3, 0.4) is 0 Å². The molecule has 0 unspecified atom stereocenters. The van der Waals surface area contributed by atoms with E-state index in [1.807, 2.05) is 0 Å². The van der Waals surface area contributed by atoms with E-state index in [0.717, 1.165) is 0 Å². The van der Waals surface area contributed by atoms with E-state index >= 15 is 0 Å². The highest BCUT2D eigenvalue weighted by atomic mass is 35.5. The minimum absolute atomic E-state index is 0.121. The second kappa shape index (κ2) is 7.13. The number of nitrogens with zero attached hydrogens (tertiary/aromatic N) is 2. The molecule has 27 heavy (non-hydrogen) atoms. The number of nitrogens with one attached hydrogen (secondary N) is 1. The molecule has 0 fully saturated rings. The summed E-state index contributed by atoms with van der Waals surface area (Å²) < 4.78 is 25.5. The number of fused-ring (bicyclic) bond motifs is 1. The number of hydrogen-bond acceptors (Lipinski definition) is 4. The van der Waals surface area contributed by atoms with Crippen molar-refractivity contribution in [3.63, 3.8) is 0 Å². The number of furan rings is 1. The van der Waals surface area contributed by atoms with Gasteiger partial charge in [-0.05, 0) is 48.5 Å². The Bertz CT molecular complexity index is 1110. The van der Waals surface area contributed by atoms with Crippen LogP contribution in [0.15, 0.2) is 65.3 Å². The Kier molecular flexibility index (Phi) is 4.52. The van der Waals surface area contributed by atoms with Crippen LogP contribution in [0.25, 0.3) is 5.65 Å². The Balaban J connectivity index is 1.41. The molecular weight excluding hydrogens is 373 g/mol. The second-order valence-electron chi connectivity index (χ2n) is 5.69. The van der Waals surface area contributed by atoms with E-state index < -0.39 is 5.91 Å². The Morgan fingerprint density at radius 2 is 2.00 bits per heavy atom. The minimum atomic E-state index is -0.404. The van der Waals surface area contributed by atoms with Crippen molar-refractivity contribution < 1.29 is 18.3 Å². The number of hydrogen-bond donors (Lipinski definition) is 1. The lowest BCUT2D eigenvalue weighted by atomic mass is 10.3. The van der Waals surface area contributed by atoms with Crippen LogP contribution in [0.1, 0.15) is 16.3 Å². The Morgan fingerprint density at radius 1 is 1.19 bits per heavy atom. The van der Waals surface area contributed by atoms with Gasteiger partial charge in [0.1, 0.15) is 34.7 Å². The fraction of sp³-hybridized carbons (Fsp3) is 0.0526. The van der Waals surface area contributed by atoms with Crippen molar-refractivity contribution in [3.8, 4) is 5.75 Å². The summed E-state index contributed by atoms with van der Waals surface area (Å²) in [6, 6.07) is 12.3. The van der Waals surface area contributed by atoms with E-state index in [4.69, 9.17) is 20.8 Å². The number of rotatable bonds is 5. The van der Waals surface area contributed by atoms with Gasteiger partial charge >= 0.3 is 0 Å². The third-order valence-corrected chi connectivity index (χ3v) is 4.08. The molecule has 0 spiro atoms. The van der Waals surface area contributed by atoms with Crippen molar-refractivity contribution in [1.82, 2.24) is 9.38 Å². The first-order valence-electron chi connectivity index (χ1n) is 7.99. The summed E-state index contributed by atoms with van der Waals surface area (Å²) in [6.07, 6.45) is 3.20. The molecule has 0 bridgehead atoms. The maximum Gasteiger partial charge on any atom is 0.291 e. The van der Waals surface area contributed by atoms with Crippen molar-refractivity contribution in [2.75, 3.05) is 5.32 Å². The Morgan fingerprint density at radius 3 is 2.81 bits per heavy atom. The molecule has 0 saturated heterocycles. The molecule has 136 valence electrons. The molecule has 0 atom stereocenters. The van der Waals surface area contributed by atoms with Gasteiger partial charge in [0.05, 0.1) is 11.9 Å². The number of halogens is 2. The van der Waals surface area contributed by atoms with Crippen LogP contribution >= 0.6 is 11.6 Å². The zero-order chi connectivity index (χ0) is 18.8. The van der Waals surface area contributed by atoms with Crippen molar-refractivity contribution in [2.45, 2.75) is 6.61 Å². The van der Waals surface area contributed by atoms with Gasteiger partial charge in [0.15, 0.2) is 5.76 Å². The van der Waals surface area contributed by atoms with Crippen LogP contribution in [0.2, 0.25) is 5.15 Å². The number of benzene rings is 1. The van der Waals surface area contributed by atoms with Gasteiger partial charge in [0.2, 0.25) is 0 Å². The summed E-state index contributed by atoms with van der Waals surface area (Å²) in [6.45, 7) is 0.121. The number of ether oxygens (including phenoxy) is 1. The number of carbonyl (C=O) groups excluding carboxylic acids is 1. The van der Waals surface area contributed by atoms with Gasteiger partial charge in [0.25, 0.3) is 5.91 Å². The SMILES string of the molecule is O=C(Nc1ccc2ncc(Cl)n2c1)c1ccc(COc2ccc(F)cc2)o1. The first kappa shape index (κ1) is 17.1. The monoisotopic (exact) mass is 385 g/mol. The predicted molar refractivity (Wildman–Crippen MR) is 97.6 cm³/mol. The summed E-state index contributed by atoms with van der Waals surface area (Å²) in [5.41, 5.74) is 1.23. The normalized spacial score (nSPS) is 10.9. The first-order valence-corrected chi connectivity index (χ1v) is 8.37. The lowest BCUT2D eigenvalue weighted by Crippen LogP contribution is -2.11. The first-order chi connectivity index (χ1) is 13.1. The molecule has 0 aliphatic carbocycles. The van der Waals surface area contributed by atoms with Crippen LogP contribution in [-0.4, -0.2) is 15.3 Å². The van der Waals surface area contributed by atoms with Crippen LogP contribution < -0.4 is 10.1 Å². The summed E-state index contributed by atoms with van der Waals surface area (Å²) >= 11 is 6.03. The van der Waals surface area contributed by atoms with E-state index in [9.17, 15) is 9.18 Å². The summed E-state index contributed by atoms with van der Waals surface area (Å²) in [7, 11) is 0. The number of pyridine rings is 1. The molecule has 0 aliphatic heterocycles. The molecule has 0 saturated carbocycles. The van der Waals surface area contributed by atoms with Crippen LogP contribution in [0, 0.1) is 5.82 Å². The average molecular weight is 386 g/mol. The summed E-state index contributed by atoms with van der Waals surface area (Å²) in [5.74, 6) is 0.375. The van der Waals surface area contributed by atoms with Gasteiger partial charge in [-0.3, -0.25) is 9.20 Å². The van der Waals surface area contributed by atoms with Crippen LogP contribution in [-0.2, 0) is 6.61 Å². The van der Waals surface area contributed by atoms with Crippen LogP contribution in [0.4, 0.5) is 10.1 Å². The molecule has 1 amide bonds. The molecule has 0 radical (unpaired) electrons. The zero-order valence-corrected chi connectivity index (χ0v) is 14.6. The zero-order valence-electron chi connectivity index (χ0n) is 13.9. The van der Waals surface area contributed by atoms with E-state index in [1.54, 1.807) is 34.9 Å².